The Morgan fingerprint density at radius 1 is 1.00 bits per heavy atom. The molecular formula is C25H21ClN4O2S. The first kappa shape index (κ1) is 21.6. The molecule has 0 unspecified atom stereocenters. The number of thioether (sulfide) groups is 1. The molecule has 0 spiro atoms. The zero-order valence-electron chi connectivity index (χ0n) is 17.9. The molecule has 2 heterocycles. The standard InChI is InChI=1S/C25H21ClN4O2S/c1-2-31-19-13-9-17(10-14-19)23-27-21-6-4-3-5-20(21)22-24(32-23)28-25(30-29-22)33-15-16-7-11-18(26)12-8-16/h3-14,23,27H,2,15H2,1H3/t23-/m1/s1. The average Bonchev–Trinajstić information content (AvgIpc) is 3.01. The molecule has 0 radical (unpaired) electrons. The number of halogens is 1. The fourth-order valence-corrected chi connectivity index (χ4v) is 4.35. The minimum atomic E-state index is -0.436. The zero-order chi connectivity index (χ0) is 22.6. The SMILES string of the molecule is CCOc1ccc([C@@H]2Nc3ccccc3-c3nnc(SCc4ccc(Cl)cc4)nc3O2)cc1. The average molecular weight is 477 g/mol. The molecule has 1 aliphatic heterocycles. The molecule has 4 aromatic rings. The minimum Gasteiger partial charge on any atom is -0.494 e. The Kier molecular flexibility index (Phi) is 6.32. The lowest BCUT2D eigenvalue weighted by atomic mass is 10.1. The van der Waals surface area contributed by atoms with Crippen LogP contribution in [-0.4, -0.2) is 21.8 Å². The second-order valence-corrected chi connectivity index (χ2v) is 8.73. The van der Waals surface area contributed by atoms with E-state index in [2.05, 4.69) is 15.5 Å². The normalized spacial score (nSPS) is 14.3. The molecule has 0 bridgehead atoms. The van der Waals surface area contributed by atoms with Gasteiger partial charge in [0.2, 0.25) is 11.0 Å². The Morgan fingerprint density at radius 3 is 2.58 bits per heavy atom. The van der Waals surface area contributed by atoms with Crippen molar-refractivity contribution in [2.45, 2.75) is 24.1 Å². The summed E-state index contributed by atoms with van der Waals surface area (Å²) in [5, 5.41) is 13.6. The number of rotatable bonds is 6. The molecule has 1 atom stereocenters. The van der Waals surface area contributed by atoms with Crippen molar-refractivity contribution >= 4 is 29.1 Å². The van der Waals surface area contributed by atoms with Crippen molar-refractivity contribution in [1.82, 2.24) is 15.2 Å². The van der Waals surface area contributed by atoms with Crippen molar-refractivity contribution in [1.29, 1.82) is 0 Å². The number of anilines is 1. The van der Waals surface area contributed by atoms with Crippen LogP contribution in [-0.2, 0) is 5.75 Å². The molecule has 8 heteroatoms. The second-order valence-electron chi connectivity index (χ2n) is 7.35. The largest absolute Gasteiger partial charge is 0.494 e. The maximum atomic E-state index is 6.34. The van der Waals surface area contributed by atoms with Gasteiger partial charge in [-0.05, 0) is 55.0 Å². The van der Waals surface area contributed by atoms with Gasteiger partial charge in [0.25, 0.3) is 0 Å². The van der Waals surface area contributed by atoms with Crippen LogP contribution in [0.1, 0.15) is 24.3 Å². The monoisotopic (exact) mass is 476 g/mol. The third kappa shape index (κ3) is 4.89. The summed E-state index contributed by atoms with van der Waals surface area (Å²) in [5.41, 5.74) is 4.50. The van der Waals surface area contributed by atoms with E-state index in [1.165, 1.54) is 11.8 Å². The Hall–Kier alpha value is -3.29. The van der Waals surface area contributed by atoms with E-state index in [1.54, 1.807) is 0 Å². The first-order valence-corrected chi connectivity index (χ1v) is 11.9. The molecule has 3 aromatic carbocycles. The molecule has 0 amide bonds. The van der Waals surface area contributed by atoms with Gasteiger partial charge in [0, 0.05) is 27.6 Å². The van der Waals surface area contributed by atoms with Gasteiger partial charge in [-0.25, -0.2) is 0 Å². The van der Waals surface area contributed by atoms with Crippen molar-refractivity contribution in [3.05, 3.63) is 88.9 Å². The molecule has 1 N–H and O–H groups in total. The van der Waals surface area contributed by atoms with Gasteiger partial charge in [0.1, 0.15) is 5.75 Å². The van der Waals surface area contributed by atoms with E-state index in [-0.39, 0.29) is 0 Å². The number of nitrogens with one attached hydrogen (secondary N) is 1. The summed E-state index contributed by atoms with van der Waals surface area (Å²) >= 11 is 7.48. The van der Waals surface area contributed by atoms with Crippen LogP contribution in [0, 0.1) is 0 Å². The Bertz CT molecular complexity index is 1250. The van der Waals surface area contributed by atoms with Gasteiger partial charge in [0.15, 0.2) is 11.9 Å². The van der Waals surface area contributed by atoms with Gasteiger partial charge < -0.3 is 14.8 Å². The summed E-state index contributed by atoms with van der Waals surface area (Å²) in [6.07, 6.45) is -0.436. The van der Waals surface area contributed by atoms with E-state index in [9.17, 15) is 0 Å². The molecule has 1 aromatic heterocycles. The molecule has 0 saturated carbocycles. The lowest BCUT2D eigenvalue weighted by Crippen LogP contribution is -2.17. The van der Waals surface area contributed by atoms with Crippen LogP contribution < -0.4 is 14.8 Å². The number of ether oxygens (including phenoxy) is 2. The smallest absolute Gasteiger partial charge is 0.247 e. The topological polar surface area (TPSA) is 69.2 Å². The van der Waals surface area contributed by atoms with Crippen molar-refractivity contribution in [3.8, 4) is 22.9 Å². The summed E-state index contributed by atoms with van der Waals surface area (Å²) in [5.74, 6) is 1.97. The molecule has 0 fully saturated rings. The number of para-hydroxylation sites is 1. The highest BCUT2D eigenvalue weighted by molar-refractivity contribution is 7.98. The lowest BCUT2D eigenvalue weighted by molar-refractivity contribution is 0.225. The van der Waals surface area contributed by atoms with Crippen molar-refractivity contribution < 1.29 is 9.47 Å². The van der Waals surface area contributed by atoms with Crippen LogP contribution in [0.25, 0.3) is 11.3 Å². The van der Waals surface area contributed by atoms with Crippen LogP contribution >= 0.6 is 23.4 Å². The molecule has 166 valence electrons. The number of fused-ring (bicyclic) bond motifs is 3. The van der Waals surface area contributed by atoms with Crippen LogP contribution in [0.5, 0.6) is 11.6 Å². The van der Waals surface area contributed by atoms with E-state index in [0.717, 1.165) is 28.1 Å². The quantitative estimate of drug-likeness (QED) is 0.323. The summed E-state index contributed by atoms with van der Waals surface area (Å²) < 4.78 is 11.9. The number of aromatic nitrogens is 3. The zero-order valence-corrected chi connectivity index (χ0v) is 19.4. The van der Waals surface area contributed by atoms with Crippen LogP contribution in [0.3, 0.4) is 0 Å². The number of nitrogens with zero attached hydrogens (tertiary/aromatic N) is 3. The van der Waals surface area contributed by atoms with Crippen molar-refractivity contribution in [2.24, 2.45) is 0 Å². The fraction of sp³-hybridized carbons (Fsp3) is 0.160. The van der Waals surface area contributed by atoms with E-state index in [1.807, 2.05) is 79.7 Å². The van der Waals surface area contributed by atoms with Crippen LogP contribution in [0.15, 0.2) is 78.0 Å². The Morgan fingerprint density at radius 2 is 1.79 bits per heavy atom. The fourth-order valence-electron chi connectivity index (χ4n) is 3.49. The van der Waals surface area contributed by atoms with Gasteiger partial charge in [0.05, 0.1) is 6.61 Å². The number of hydrogen-bond donors (Lipinski definition) is 1. The molecule has 0 saturated heterocycles. The third-order valence-electron chi connectivity index (χ3n) is 5.11. The lowest BCUT2D eigenvalue weighted by Gasteiger charge is -2.19. The molecule has 5 rings (SSSR count). The highest BCUT2D eigenvalue weighted by atomic mass is 35.5. The van der Waals surface area contributed by atoms with E-state index in [4.69, 9.17) is 26.1 Å². The second kappa shape index (κ2) is 9.68. The van der Waals surface area contributed by atoms with Crippen LogP contribution in [0.4, 0.5) is 5.69 Å². The van der Waals surface area contributed by atoms with Gasteiger partial charge >= 0.3 is 0 Å². The number of benzene rings is 3. The third-order valence-corrected chi connectivity index (χ3v) is 6.27. The molecular weight excluding hydrogens is 456 g/mol. The maximum absolute atomic E-state index is 6.34. The predicted molar refractivity (Wildman–Crippen MR) is 131 cm³/mol. The van der Waals surface area contributed by atoms with Gasteiger partial charge in [-0.15, -0.1) is 10.2 Å². The first-order chi connectivity index (χ1) is 16.2. The van der Waals surface area contributed by atoms with Gasteiger partial charge in [-0.3, -0.25) is 0 Å². The molecule has 0 aliphatic carbocycles. The summed E-state index contributed by atoms with van der Waals surface area (Å²) in [4.78, 5) is 4.70. The molecule has 33 heavy (non-hydrogen) atoms. The summed E-state index contributed by atoms with van der Waals surface area (Å²) in [6, 6.07) is 23.5. The summed E-state index contributed by atoms with van der Waals surface area (Å²) in [6.45, 7) is 2.59. The highest BCUT2D eigenvalue weighted by Crippen LogP contribution is 2.39. The Balaban J connectivity index is 1.45. The van der Waals surface area contributed by atoms with Crippen molar-refractivity contribution in [3.63, 3.8) is 0 Å². The minimum absolute atomic E-state index is 0.436. The first-order valence-electron chi connectivity index (χ1n) is 10.6. The molecule has 1 aliphatic rings. The maximum Gasteiger partial charge on any atom is 0.247 e. The van der Waals surface area contributed by atoms with Gasteiger partial charge in [-0.1, -0.05) is 53.7 Å². The van der Waals surface area contributed by atoms with Crippen molar-refractivity contribution in [2.75, 3.05) is 11.9 Å². The predicted octanol–water partition coefficient (Wildman–Crippen LogP) is 6.39. The van der Waals surface area contributed by atoms with E-state index >= 15 is 0 Å². The van der Waals surface area contributed by atoms with E-state index in [0.29, 0.717) is 34.1 Å². The van der Waals surface area contributed by atoms with Gasteiger partial charge in [-0.2, -0.15) is 4.98 Å². The Labute approximate surface area is 201 Å². The number of hydrogen-bond acceptors (Lipinski definition) is 7. The van der Waals surface area contributed by atoms with E-state index < -0.39 is 6.23 Å². The van der Waals surface area contributed by atoms with Crippen LogP contribution in [0.2, 0.25) is 5.02 Å². The molecule has 6 nitrogen and oxygen atoms in total. The highest BCUT2D eigenvalue weighted by Gasteiger charge is 2.26. The summed E-state index contributed by atoms with van der Waals surface area (Å²) in [7, 11) is 0.